The summed E-state index contributed by atoms with van der Waals surface area (Å²) in [7, 11) is -3.48. The van der Waals surface area contributed by atoms with Gasteiger partial charge in [-0.3, -0.25) is 5.32 Å². The van der Waals surface area contributed by atoms with Crippen molar-refractivity contribution in [2.45, 2.75) is 29.8 Å². The Kier molecular flexibility index (Phi) is 3.40. The van der Waals surface area contributed by atoms with Gasteiger partial charge in [0.2, 0.25) is 0 Å². The Morgan fingerprint density at radius 3 is 2.73 bits per heavy atom. The van der Waals surface area contributed by atoms with Gasteiger partial charge in [0, 0.05) is 47.9 Å². The minimum Gasteiger partial charge on any atom is -0.303 e. The van der Waals surface area contributed by atoms with E-state index < -0.39 is 10.0 Å². The van der Waals surface area contributed by atoms with Crippen molar-refractivity contribution in [1.82, 2.24) is 19.9 Å². The molecule has 8 heteroatoms. The first-order chi connectivity index (χ1) is 10.5. The second-order valence-electron chi connectivity index (χ2n) is 6.58. The number of halogens is 1. The Hall–Kier alpha value is -0.540. The zero-order valence-corrected chi connectivity index (χ0v) is 14.6. The molecule has 1 saturated carbocycles. The molecule has 0 aromatic carbocycles. The maximum atomic E-state index is 12.7. The molecule has 3 heterocycles. The van der Waals surface area contributed by atoms with Gasteiger partial charge in [-0.2, -0.15) is 4.31 Å². The summed E-state index contributed by atoms with van der Waals surface area (Å²) in [6.07, 6.45) is 4.92. The van der Waals surface area contributed by atoms with Crippen LogP contribution in [0.4, 0.5) is 0 Å². The highest BCUT2D eigenvalue weighted by molar-refractivity contribution is 9.10. The number of hydrogen-bond donors (Lipinski definition) is 2. The maximum Gasteiger partial charge on any atom is 0.260 e. The third-order valence-corrected chi connectivity index (χ3v) is 7.69. The van der Waals surface area contributed by atoms with Crippen molar-refractivity contribution in [3.05, 3.63) is 22.8 Å². The maximum absolute atomic E-state index is 12.7. The number of sulfonamides is 1. The van der Waals surface area contributed by atoms with E-state index in [1.54, 1.807) is 16.4 Å². The van der Waals surface area contributed by atoms with Crippen LogP contribution < -0.4 is 10.6 Å². The van der Waals surface area contributed by atoms with Gasteiger partial charge in [-0.25, -0.2) is 13.4 Å². The molecule has 4 rings (SSSR count). The Balaban J connectivity index is 1.56. The summed E-state index contributed by atoms with van der Waals surface area (Å²) in [6, 6.07) is 3.28. The molecule has 2 spiro atoms. The molecule has 0 amide bonds. The van der Waals surface area contributed by atoms with Crippen LogP contribution in [0.25, 0.3) is 0 Å². The third-order valence-electron chi connectivity index (χ3n) is 5.52. The van der Waals surface area contributed by atoms with Crippen molar-refractivity contribution in [2.24, 2.45) is 5.41 Å². The first kappa shape index (κ1) is 15.0. The van der Waals surface area contributed by atoms with Gasteiger partial charge in [0.15, 0.2) is 5.03 Å². The normalized spacial score (nSPS) is 31.0. The zero-order chi connectivity index (χ0) is 15.4. The van der Waals surface area contributed by atoms with E-state index in [1.165, 1.54) is 12.6 Å². The molecule has 22 heavy (non-hydrogen) atoms. The molecular weight excluding hydrogens is 368 g/mol. The molecule has 0 bridgehead atoms. The summed E-state index contributed by atoms with van der Waals surface area (Å²) in [6.45, 7) is 2.96. The Bertz CT molecular complexity index is 674. The van der Waals surface area contributed by atoms with Crippen LogP contribution >= 0.6 is 15.9 Å². The molecule has 1 aromatic heterocycles. The Labute approximate surface area is 138 Å². The number of fused-ring (bicyclic) bond motifs is 1. The average molecular weight is 387 g/mol. The van der Waals surface area contributed by atoms with Crippen LogP contribution in [0.5, 0.6) is 0 Å². The van der Waals surface area contributed by atoms with E-state index in [1.807, 2.05) is 0 Å². The van der Waals surface area contributed by atoms with Crippen molar-refractivity contribution >= 4 is 26.0 Å². The average Bonchev–Trinajstić information content (AvgIpc) is 3.06. The molecule has 0 radical (unpaired) electrons. The van der Waals surface area contributed by atoms with Crippen LogP contribution in [0, 0.1) is 5.41 Å². The molecule has 1 unspecified atom stereocenters. The second-order valence-corrected chi connectivity index (χ2v) is 9.38. The lowest BCUT2D eigenvalue weighted by Gasteiger charge is -2.55. The number of aromatic nitrogens is 1. The lowest BCUT2D eigenvalue weighted by Crippen LogP contribution is -2.70. The summed E-state index contributed by atoms with van der Waals surface area (Å²) < 4.78 is 27.7. The van der Waals surface area contributed by atoms with Gasteiger partial charge in [-0.05, 0) is 40.9 Å². The SMILES string of the molecule is O=S(=O)(c1ccc(Br)cn1)N1CC2(CCCC23CNCN3)C1. The summed E-state index contributed by atoms with van der Waals surface area (Å²) >= 11 is 3.28. The Morgan fingerprint density at radius 1 is 1.27 bits per heavy atom. The van der Waals surface area contributed by atoms with Crippen molar-refractivity contribution in [3.8, 4) is 0 Å². The van der Waals surface area contributed by atoms with Gasteiger partial charge in [-0.15, -0.1) is 0 Å². The molecule has 1 aromatic rings. The van der Waals surface area contributed by atoms with Gasteiger partial charge in [0.25, 0.3) is 10.0 Å². The highest BCUT2D eigenvalue weighted by Crippen LogP contribution is 2.54. The van der Waals surface area contributed by atoms with Crippen LogP contribution in [0.1, 0.15) is 19.3 Å². The van der Waals surface area contributed by atoms with Crippen LogP contribution in [-0.2, 0) is 10.0 Å². The van der Waals surface area contributed by atoms with Crippen molar-refractivity contribution in [2.75, 3.05) is 26.3 Å². The van der Waals surface area contributed by atoms with Crippen molar-refractivity contribution < 1.29 is 8.42 Å². The second kappa shape index (κ2) is 4.98. The molecule has 2 N–H and O–H groups in total. The van der Waals surface area contributed by atoms with Crippen LogP contribution in [0.3, 0.4) is 0 Å². The Morgan fingerprint density at radius 2 is 2.09 bits per heavy atom. The van der Waals surface area contributed by atoms with Gasteiger partial charge >= 0.3 is 0 Å². The van der Waals surface area contributed by atoms with E-state index in [0.29, 0.717) is 13.1 Å². The molecule has 3 aliphatic rings. The van der Waals surface area contributed by atoms with Gasteiger partial charge < -0.3 is 5.32 Å². The van der Waals surface area contributed by atoms with E-state index in [2.05, 4.69) is 31.5 Å². The largest absolute Gasteiger partial charge is 0.303 e. The van der Waals surface area contributed by atoms with Crippen molar-refractivity contribution in [3.63, 3.8) is 0 Å². The standard InChI is InChI=1S/C14H19BrN4O2S/c15-11-2-3-12(17-6-11)22(20,21)19-8-13(9-19)4-1-5-14(13)7-16-10-18-14/h2-3,6,16,18H,1,4-5,7-10H2. The zero-order valence-electron chi connectivity index (χ0n) is 12.2. The molecule has 2 aliphatic heterocycles. The summed E-state index contributed by atoms with van der Waals surface area (Å²) in [5, 5.41) is 7.10. The first-order valence-electron chi connectivity index (χ1n) is 7.55. The third kappa shape index (κ3) is 2.01. The molecule has 1 atom stereocenters. The monoisotopic (exact) mass is 386 g/mol. The summed E-state index contributed by atoms with van der Waals surface area (Å²) in [5.74, 6) is 0. The van der Waals surface area contributed by atoms with Crippen LogP contribution in [-0.4, -0.2) is 49.5 Å². The van der Waals surface area contributed by atoms with E-state index >= 15 is 0 Å². The van der Waals surface area contributed by atoms with Crippen LogP contribution in [0.2, 0.25) is 0 Å². The van der Waals surface area contributed by atoms with Gasteiger partial charge in [0.05, 0.1) is 0 Å². The number of pyridine rings is 1. The topological polar surface area (TPSA) is 74.3 Å². The number of nitrogens with zero attached hydrogens (tertiary/aromatic N) is 2. The fourth-order valence-corrected chi connectivity index (χ4v) is 6.02. The number of hydrogen-bond acceptors (Lipinski definition) is 5. The molecule has 3 fully saturated rings. The minimum absolute atomic E-state index is 0.0756. The molecule has 2 saturated heterocycles. The first-order valence-corrected chi connectivity index (χ1v) is 9.78. The van der Waals surface area contributed by atoms with E-state index in [4.69, 9.17) is 0 Å². The predicted molar refractivity (Wildman–Crippen MR) is 85.7 cm³/mol. The smallest absolute Gasteiger partial charge is 0.260 e. The van der Waals surface area contributed by atoms with E-state index in [0.717, 1.165) is 30.5 Å². The number of nitrogens with one attached hydrogen (secondary N) is 2. The fraction of sp³-hybridized carbons (Fsp3) is 0.643. The molecule has 1 aliphatic carbocycles. The summed E-state index contributed by atoms with van der Waals surface area (Å²) in [4.78, 5) is 4.05. The van der Waals surface area contributed by atoms with Crippen molar-refractivity contribution in [1.29, 1.82) is 0 Å². The van der Waals surface area contributed by atoms with E-state index in [-0.39, 0.29) is 16.0 Å². The predicted octanol–water partition coefficient (Wildman–Crippen LogP) is 0.908. The van der Waals surface area contributed by atoms with Crippen LogP contribution in [0.15, 0.2) is 27.8 Å². The highest BCUT2D eigenvalue weighted by Gasteiger charge is 2.63. The highest BCUT2D eigenvalue weighted by atomic mass is 79.9. The quantitative estimate of drug-likeness (QED) is 0.789. The van der Waals surface area contributed by atoms with E-state index in [9.17, 15) is 8.42 Å². The minimum atomic E-state index is -3.48. The molecule has 6 nitrogen and oxygen atoms in total. The number of rotatable bonds is 2. The molecule has 120 valence electrons. The summed E-state index contributed by atoms with van der Waals surface area (Å²) in [5.41, 5.74) is 0.158. The fourth-order valence-electron chi connectivity index (χ4n) is 4.26. The molecular formula is C14H19BrN4O2S. The van der Waals surface area contributed by atoms with Gasteiger partial charge in [-0.1, -0.05) is 6.42 Å². The van der Waals surface area contributed by atoms with Gasteiger partial charge in [0.1, 0.15) is 0 Å². The lowest BCUT2D eigenvalue weighted by atomic mass is 9.68. The lowest BCUT2D eigenvalue weighted by molar-refractivity contribution is 0.00662.